The van der Waals surface area contributed by atoms with Gasteiger partial charge in [-0.15, -0.1) is 21.5 Å². The van der Waals surface area contributed by atoms with Gasteiger partial charge in [0.2, 0.25) is 5.91 Å². The predicted molar refractivity (Wildman–Crippen MR) is 175 cm³/mol. The molecule has 0 fully saturated rings. The Morgan fingerprint density at radius 2 is 1.63 bits per heavy atom. The third-order valence-electron chi connectivity index (χ3n) is 6.28. The Bertz CT molecular complexity index is 1680. The van der Waals surface area contributed by atoms with Crippen LogP contribution in [0.15, 0.2) is 59.8 Å². The third kappa shape index (κ3) is 9.31. The van der Waals surface area contributed by atoms with E-state index in [2.05, 4.69) is 20.8 Å². The molecule has 0 spiro atoms. The van der Waals surface area contributed by atoms with E-state index in [0.717, 1.165) is 28.7 Å². The summed E-state index contributed by atoms with van der Waals surface area (Å²) in [6.45, 7) is 5.51. The number of halogens is 1. The lowest BCUT2D eigenvalue weighted by atomic mass is 10.1. The van der Waals surface area contributed by atoms with Gasteiger partial charge in [-0.1, -0.05) is 53.7 Å². The maximum absolute atomic E-state index is 13.1. The van der Waals surface area contributed by atoms with Crippen molar-refractivity contribution >= 4 is 63.5 Å². The van der Waals surface area contributed by atoms with Crippen LogP contribution in [0.25, 0.3) is 0 Å². The highest BCUT2D eigenvalue weighted by atomic mass is 35.5. The highest BCUT2D eigenvalue weighted by molar-refractivity contribution is 7.99. The lowest BCUT2D eigenvalue weighted by Gasteiger charge is -2.12. The van der Waals surface area contributed by atoms with Crippen LogP contribution in [0, 0.1) is 6.92 Å². The minimum Gasteiger partial charge on any atom is -0.484 e. The fraction of sp³-hybridized carbons (Fsp3) is 0.290. The number of ether oxygens (including phenoxy) is 3. The van der Waals surface area contributed by atoms with Crippen molar-refractivity contribution in [1.29, 1.82) is 0 Å². The van der Waals surface area contributed by atoms with Crippen molar-refractivity contribution in [2.45, 2.75) is 39.0 Å². The Morgan fingerprint density at radius 1 is 0.935 bits per heavy atom. The van der Waals surface area contributed by atoms with Crippen LogP contribution in [0.4, 0.5) is 5.00 Å². The average Bonchev–Trinajstić information content (AvgIpc) is 3.58. The second-order valence-corrected chi connectivity index (χ2v) is 11.9. The van der Waals surface area contributed by atoms with Gasteiger partial charge in [0.25, 0.3) is 5.91 Å². The lowest BCUT2D eigenvalue weighted by Crippen LogP contribution is -2.29. The predicted octanol–water partition coefficient (Wildman–Crippen LogP) is 5.13. The molecule has 0 saturated heterocycles. The summed E-state index contributed by atoms with van der Waals surface area (Å²) >= 11 is 7.98. The van der Waals surface area contributed by atoms with Crippen molar-refractivity contribution in [1.82, 2.24) is 20.1 Å². The number of benzene rings is 2. The molecule has 2 aromatic carbocycles. The maximum atomic E-state index is 13.1. The van der Waals surface area contributed by atoms with Crippen LogP contribution >= 0.6 is 34.7 Å². The Labute approximate surface area is 278 Å². The summed E-state index contributed by atoms with van der Waals surface area (Å²) in [4.78, 5) is 51.0. The van der Waals surface area contributed by atoms with Crippen LogP contribution in [0.2, 0.25) is 5.02 Å². The van der Waals surface area contributed by atoms with E-state index in [1.54, 1.807) is 45.0 Å². The molecule has 2 amide bonds. The Morgan fingerprint density at radius 3 is 2.33 bits per heavy atom. The summed E-state index contributed by atoms with van der Waals surface area (Å²) in [7, 11) is 0. The monoisotopic (exact) mass is 685 g/mol. The molecular weight excluding hydrogens is 654 g/mol. The van der Waals surface area contributed by atoms with Gasteiger partial charge in [0, 0.05) is 5.02 Å². The number of anilines is 1. The van der Waals surface area contributed by atoms with Crippen LogP contribution in [-0.2, 0) is 32.2 Å². The molecule has 0 radical (unpaired) electrons. The van der Waals surface area contributed by atoms with E-state index in [0.29, 0.717) is 33.9 Å². The summed E-state index contributed by atoms with van der Waals surface area (Å²) < 4.78 is 17.6. The fourth-order valence-corrected chi connectivity index (χ4v) is 6.11. The number of aromatic nitrogens is 3. The molecule has 0 atom stereocenters. The number of amides is 2. The number of hydrogen-bond donors (Lipinski definition) is 2. The van der Waals surface area contributed by atoms with Crippen molar-refractivity contribution in [2.24, 2.45) is 0 Å². The second kappa shape index (κ2) is 16.8. The average molecular weight is 686 g/mol. The molecule has 12 nitrogen and oxygen atoms in total. The molecule has 46 heavy (non-hydrogen) atoms. The molecule has 2 heterocycles. The summed E-state index contributed by atoms with van der Waals surface area (Å²) in [6.07, 6.45) is 0. The van der Waals surface area contributed by atoms with Gasteiger partial charge in [-0.05, 0) is 56.2 Å². The third-order valence-corrected chi connectivity index (χ3v) is 8.68. The minimum atomic E-state index is -0.650. The van der Waals surface area contributed by atoms with Crippen molar-refractivity contribution in [3.8, 4) is 5.75 Å². The topological polar surface area (TPSA) is 151 Å². The zero-order valence-electron chi connectivity index (χ0n) is 25.3. The summed E-state index contributed by atoms with van der Waals surface area (Å²) in [6, 6.07) is 16.3. The highest BCUT2D eigenvalue weighted by Gasteiger charge is 2.27. The molecule has 15 heteroatoms. The molecule has 0 bridgehead atoms. The number of thioether (sulfide) groups is 1. The number of hydrogen-bond acceptors (Lipinski definition) is 11. The summed E-state index contributed by atoms with van der Waals surface area (Å²) in [5.74, 6) is -1.13. The molecule has 0 aliphatic rings. The van der Waals surface area contributed by atoms with E-state index < -0.39 is 17.8 Å². The first-order valence-electron chi connectivity index (χ1n) is 14.2. The number of nitrogens with one attached hydrogen (secondary N) is 2. The summed E-state index contributed by atoms with van der Waals surface area (Å²) in [5.41, 5.74) is 1.45. The quantitative estimate of drug-likeness (QED) is 0.127. The number of thiophene rings is 1. The highest BCUT2D eigenvalue weighted by Crippen LogP contribution is 2.34. The molecule has 0 aliphatic carbocycles. The number of nitrogens with zero attached hydrogens (tertiary/aromatic N) is 3. The molecule has 0 unspecified atom stereocenters. The van der Waals surface area contributed by atoms with E-state index in [4.69, 9.17) is 25.8 Å². The maximum Gasteiger partial charge on any atom is 0.348 e. The molecule has 2 N–H and O–H groups in total. The van der Waals surface area contributed by atoms with Crippen molar-refractivity contribution in [3.63, 3.8) is 0 Å². The van der Waals surface area contributed by atoms with E-state index in [1.165, 1.54) is 0 Å². The molecule has 0 saturated carbocycles. The first-order chi connectivity index (χ1) is 22.2. The van der Waals surface area contributed by atoms with Gasteiger partial charge in [0.05, 0.1) is 37.6 Å². The molecule has 4 rings (SSSR count). The zero-order chi connectivity index (χ0) is 33.1. The van der Waals surface area contributed by atoms with Gasteiger partial charge >= 0.3 is 11.9 Å². The van der Waals surface area contributed by atoms with Gasteiger partial charge < -0.3 is 29.4 Å². The fourth-order valence-electron chi connectivity index (χ4n) is 4.12. The zero-order valence-corrected chi connectivity index (χ0v) is 27.7. The Hall–Kier alpha value is -4.40. The van der Waals surface area contributed by atoms with Crippen LogP contribution < -0.4 is 15.4 Å². The van der Waals surface area contributed by atoms with Crippen LogP contribution in [-0.4, -0.2) is 64.1 Å². The Balaban J connectivity index is 1.45. The van der Waals surface area contributed by atoms with E-state index >= 15 is 0 Å². The van der Waals surface area contributed by atoms with Crippen LogP contribution in [0.1, 0.15) is 50.8 Å². The van der Waals surface area contributed by atoms with Crippen LogP contribution in [0.5, 0.6) is 5.75 Å². The smallest absolute Gasteiger partial charge is 0.348 e. The molecular formula is C31H32ClN5O7S2. The molecule has 0 aliphatic heterocycles. The van der Waals surface area contributed by atoms with Gasteiger partial charge in [0.15, 0.2) is 17.6 Å². The minimum absolute atomic E-state index is 0.0728. The Kier molecular flexibility index (Phi) is 12.6. The number of carbonyl (C=O) groups is 4. The number of rotatable bonds is 15. The molecule has 4 aromatic rings. The van der Waals surface area contributed by atoms with Gasteiger partial charge in [-0.2, -0.15) is 0 Å². The lowest BCUT2D eigenvalue weighted by molar-refractivity contribution is -0.123. The number of esters is 2. The molecule has 2 aromatic heterocycles. The first kappa shape index (κ1) is 34.5. The van der Waals surface area contributed by atoms with E-state index in [1.807, 2.05) is 34.9 Å². The van der Waals surface area contributed by atoms with Crippen LogP contribution in [0.3, 0.4) is 0 Å². The van der Waals surface area contributed by atoms with Crippen molar-refractivity contribution in [2.75, 3.05) is 30.9 Å². The SMILES string of the molecule is CCOC(=O)c1sc(NC(=O)CSc2nnc(CNC(=O)COc3ccc(Cl)cc3)n2Cc2ccccc2)c(C(=O)OCC)c1C. The van der Waals surface area contributed by atoms with Gasteiger partial charge in [0.1, 0.15) is 15.6 Å². The van der Waals surface area contributed by atoms with Crippen molar-refractivity contribution < 1.29 is 33.4 Å². The normalized spacial score (nSPS) is 10.7. The number of carbonyl (C=O) groups excluding carboxylic acids is 4. The van der Waals surface area contributed by atoms with Gasteiger partial charge in [-0.3, -0.25) is 9.59 Å². The largest absolute Gasteiger partial charge is 0.484 e. The molecule has 242 valence electrons. The first-order valence-corrected chi connectivity index (χ1v) is 16.4. The van der Waals surface area contributed by atoms with Crippen molar-refractivity contribution in [3.05, 3.63) is 87.0 Å². The van der Waals surface area contributed by atoms with E-state index in [-0.39, 0.29) is 53.5 Å². The van der Waals surface area contributed by atoms with Gasteiger partial charge in [-0.25, -0.2) is 9.59 Å². The van der Waals surface area contributed by atoms with E-state index in [9.17, 15) is 19.2 Å². The second-order valence-electron chi connectivity index (χ2n) is 9.53. The summed E-state index contributed by atoms with van der Waals surface area (Å²) in [5, 5.41) is 15.3. The standard InChI is InChI=1S/C31H32ClN5O7S2/c1-4-42-29(40)26-19(3)27(30(41)43-5-2)46-28(26)34-25(39)18-45-31-36-35-23(37(31)16-20-9-7-6-8-10-20)15-33-24(38)17-44-22-13-11-21(32)12-14-22/h6-14H,4-5,15-18H2,1-3H3,(H,33,38)(H,34,39).